The first kappa shape index (κ1) is 21.0. The molecule has 29 heavy (non-hydrogen) atoms. The fourth-order valence-corrected chi connectivity index (χ4v) is 3.82. The van der Waals surface area contributed by atoms with Crippen molar-refractivity contribution in [3.63, 3.8) is 0 Å². The number of fused-ring (bicyclic) bond motifs is 1. The largest absolute Gasteiger partial charge is 0.382 e. The van der Waals surface area contributed by atoms with Crippen molar-refractivity contribution in [2.24, 2.45) is 5.92 Å². The summed E-state index contributed by atoms with van der Waals surface area (Å²) in [5.74, 6) is 1.09. The van der Waals surface area contributed by atoms with Gasteiger partial charge in [-0.25, -0.2) is 4.98 Å². The van der Waals surface area contributed by atoms with Crippen molar-refractivity contribution in [2.45, 2.75) is 46.6 Å². The van der Waals surface area contributed by atoms with Gasteiger partial charge in [0.25, 0.3) is 0 Å². The van der Waals surface area contributed by atoms with Crippen LogP contribution in [0.3, 0.4) is 0 Å². The Labute approximate surface area is 172 Å². The average Bonchev–Trinajstić information content (AvgIpc) is 2.71. The summed E-state index contributed by atoms with van der Waals surface area (Å²) in [5.41, 5.74) is 11.2. The van der Waals surface area contributed by atoms with Gasteiger partial charge in [-0.2, -0.15) is 0 Å². The Morgan fingerprint density at radius 2 is 2.03 bits per heavy atom. The van der Waals surface area contributed by atoms with Crippen LogP contribution < -0.4 is 10.6 Å². The molecule has 0 saturated heterocycles. The van der Waals surface area contributed by atoms with Crippen molar-refractivity contribution in [1.82, 2.24) is 9.97 Å². The summed E-state index contributed by atoms with van der Waals surface area (Å²) in [6.45, 7) is 9.41. The Balaban J connectivity index is 0.000000252. The first-order valence-electron chi connectivity index (χ1n) is 10.1. The minimum atomic E-state index is 0.133. The number of nitrogen functional groups attached to an aromatic ring is 1. The van der Waals surface area contributed by atoms with E-state index >= 15 is 0 Å². The van der Waals surface area contributed by atoms with Gasteiger partial charge in [0, 0.05) is 18.7 Å². The van der Waals surface area contributed by atoms with E-state index < -0.39 is 0 Å². The van der Waals surface area contributed by atoms with Crippen molar-refractivity contribution in [3.05, 3.63) is 53.5 Å². The number of carbonyl (C=O) groups excluding carboxylic acids is 1. The van der Waals surface area contributed by atoms with Gasteiger partial charge in [-0.05, 0) is 61.4 Å². The minimum absolute atomic E-state index is 0.133. The fraction of sp³-hybridized carbons (Fsp3) is 0.435. The number of hydrogen-bond acceptors (Lipinski definition) is 5. The molecule has 0 saturated carbocycles. The first-order valence-corrected chi connectivity index (χ1v) is 10.1. The van der Waals surface area contributed by atoms with Gasteiger partial charge in [-0.3, -0.25) is 9.78 Å². The average molecular weight is 395 g/mol. The third kappa shape index (κ3) is 5.01. The van der Waals surface area contributed by atoms with Crippen LogP contribution in [0.15, 0.2) is 36.7 Å². The first-order chi connectivity index (χ1) is 13.9. The molecule has 4 rings (SSSR count). The second-order valence-electron chi connectivity index (χ2n) is 7.79. The molecule has 2 aliphatic rings. The van der Waals surface area contributed by atoms with Crippen LogP contribution in [0.4, 0.5) is 11.5 Å². The molecule has 0 aliphatic carbocycles. The highest BCUT2D eigenvalue weighted by molar-refractivity contribution is 5.94. The number of aryl methyl sites for hydroxylation is 1. The summed E-state index contributed by atoms with van der Waals surface area (Å²) in [4.78, 5) is 21.6. The van der Waals surface area contributed by atoms with Gasteiger partial charge in [0.05, 0.1) is 31.3 Å². The summed E-state index contributed by atoms with van der Waals surface area (Å²) in [6, 6.07) is 6.80. The zero-order chi connectivity index (χ0) is 21.0. The number of nitrogens with zero attached hydrogens (tertiary/aromatic N) is 3. The zero-order valence-electron chi connectivity index (χ0n) is 17.7. The molecule has 3 heterocycles. The van der Waals surface area contributed by atoms with Gasteiger partial charge >= 0.3 is 0 Å². The molecule has 2 atom stereocenters. The highest BCUT2D eigenvalue weighted by Crippen LogP contribution is 2.36. The van der Waals surface area contributed by atoms with Crippen LogP contribution in [-0.4, -0.2) is 35.1 Å². The lowest BCUT2D eigenvalue weighted by molar-refractivity contribution is -0.117. The molecule has 0 radical (unpaired) electrons. The van der Waals surface area contributed by atoms with Gasteiger partial charge < -0.3 is 15.4 Å². The topological polar surface area (TPSA) is 81.3 Å². The molecule has 0 bridgehead atoms. The molecule has 6 heteroatoms. The minimum Gasteiger partial charge on any atom is -0.382 e. The maximum absolute atomic E-state index is 12.0. The predicted molar refractivity (Wildman–Crippen MR) is 117 cm³/mol. The number of benzene rings is 1. The molecule has 2 aromatic rings. The van der Waals surface area contributed by atoms with E-state index in [0.717, 1.165) is 30.8 Å². The third-order valence-corrected chi connectivity index (χ3v) is 5.59. The van der Waals surface area contributed by atoms with E-state index in [2.05, 4.69) is 48.1 Å². The van der Waals surface area contributed by atoms with Gasteiger partial charge in [0.15, 0.2) is 0 Å². The quantitative estimate of drug-likeness (QED) is 0.796. The molecule has 154 valence electrons. The summed E-state index contributed by atoms with van der Waals surface area (Å²) < 4.78 is 5.38. The van der Waals surface area contributed by atoms with E-state index in [1.54, 1.807) is 13.1 Å². The Bertz CT molecular complexity index is 871. The lowest BCUT2D eigenvalue weighted by Gasteiger charge is -2.39. The number of nitrogens with two attached hydrogens (primary N) is 1. The smallest absolute Gasteiger partial charge is 0.224 e. The van der Waals surface area contributed by atoms with Gasteiger partial charge in [0.1, 0.15) is 5.82 Å². The second kappa shape index (κ2) is 9.18. The van der Waals surface area contributed by atoms with E-state index in [9.17, 15) is 4.79 Å². The molecule has 6 nitrogen and oxygen atoms in total. The normalized spacial score (nSPS) is 20.8. The maximum atomic E-state index is 12.0. The van der Waals surface area contributed by atoms with Crippen LogP contribution >= 0.6 is 0 Å². The summed E-state index contributed by atoms with van der Waals surface area (Å²) >= 11 is 0. The lowest BCUT2D eigenvalue weighted by Crippen LogP contribution is -2.45. The molecule has 0 unspecified atom stereocenters. The van der Waals surface area contributed by atoms with E-state index in [1.165, 1.54) is 22.9 Å². The Hall–Kier alpha value is -2.73. The summed E-state index contributed by atoms with van der Waals surface area (Å²) in [7, 11) is 0. The highest BCUT2D eigenvalue weighted by atomic mass is 16.5. The molecule has 1 aromatic carbocycles. The molecule has 0 spiro atoms. The number of ether oxygens (including phenoxy) is 1. The molecular weight excluding hydrogens is 364 g/mol. The Morgan fingerprint density at radius 3 is 2.62 bits per heavy atom. The van der Waals surface area contributed by atoms with E-state index in [0.29, 0.717) is 18.3 Å². The van der Waals surface area contributed by atoms with Crippen LogP contribution in [0.25, 0.3) is 5.57 Å². The van der Waals surface area contributed by atoms with Crippen LogP contribution in [-0.2, 0) is 16.0 Å². The second-order valence-corrected chi connectivity index (χ2v) is 7.79. The number of carbonyl (C=O) groups is 1. The lowest BCUT2D eigenvalue weighted by atomic mass is 9.86. The summed E-state index contributed by atoms with van der Waals surface area (Å²) in [5, 5.41) is 0. The summed E-state index contributed by atoms with van der Waals surface area (Å²) in [6.07, 6.45) is 7.35. The molecule has 1 aromatic heterocycles. The fourth-order valence-electron chi connectivity index (χ4n) is 3.82. The highest BCUT2D eigenvalue weighted by Gasteiger charge is 2.31. The predicted octanol–water partition coefficient (Wildman–Crippen LogP) is 3.79. The van der Waals surface area contributed by atoms with E-state index in [4.69, 9.17) is 10.5 Å². The SMILES string of the molecule is CC(=O)N1c2ccc(C3=CCOCC3)cc2C[C@@H](C)[C@@H]1C.Cc1cnc(N)cn1. The standard InChI is InChI=1S/C18H23NO2.C5H7N3/c1-12-10-17-11-16(15-6-8-21-9-7-15)4-5-18(17)19(13(12)2)14(3)20;1-4-2-8-5(6)3-7-4/h4-6,11-13H,7-10H2,1-3H3;2-3H,1H3,(H2,6,8)/t12-,13+;/m1./s1. The molecule has 2 N–H and O–H groups in total. The van der Waals surface area contributed by atoms with Crippen LogP contribution in [0.1, 0.15) is 44.0 Å². The van der Waals surface area contributed by atoms with Crippen LogP contribution in [0, 0.1) is 12.8 Å². The number of aromatic nitrogens is 2. The van der Waals surface area contributed by atoms with Gasteiger partial charge in [-0.1, -0.05) is 19.1 Å². The Kier molecular flexibility index (Phi) is 6.64. The molecule has 0 fully saturated rings. The van der Waals surface area contributed by atoms with Gasteiger partial charge in [-0.15, -0.1) is 0 Å². The Morgan fingerprint density at radius 1 is 1.24 bits per heavy atom. The zero-order valence-corrected chi connectivity index (χ0v) is 17.7. The maximum Gasteiger partial charge on any atom is 0.224 e. The van der Waals surface area contributed by atoms with Crippen molar-refractivity contribution < 1.29 is 9.53 Å². The molecule has 2 aliphatic heterocycles. The number of amides is 1. The van der Waals surface area contributed by atoms with Crippen molar-refractivity contribution in [1.29, 1.82) is 0 Å². The van der Waals surface area contributed by atoms with Crippen molar-refractivity contribution in [3.8, 4) is 0 Å². The van der Waals surface area contributed by atoms with E-state index in [-0.39, 0.29) is 11.9 Å². The van der Waals surface area contributed by atoms with E-state index in [1.807, 2.05) is 11.8 Å². The number of rotatable bonds is 1. The van der Waals surface area contributed by atoms with Crippen molar-refractivity contribution >= 4 is 23.0 Å². The molecular formula is C23H30N4O2. The van der Waals surface area contributed by atoms with Crippen LogP contribution in [0.5, 0.6) is 0 Å². The number of anilines is 2. The van der Waals surface area contributed by atoms with Crippen LogP contribution in [0.2, 0.25) is 0 Å². The number of hydrogen-bond donors (Lipinski definition) is 1. The monoisotopic (exact) mass is 394 g/mol. The molecule has 1 amide bonds. The third-order valence-electron chi connectivity index (χ3n) is 5.59. The van der Waals surface area contributed by atoms with Crippen molar-refractivity contribution in [2.75, 3.05) is 23.8 Å². The van der Waals surface area contributed by atoms with Gasteiger partial charge in [0.2, 0.25) is 5.91 Å².